The first-order valence-electron chi connectivity index (χ1n) is 2.19. The molecule has 19 heteroatoms. The fourth-order valence-corrected chi connectivity index (χ4v) is 0. The third kappa shape index (κ3) is 449. The topological polar surface area (TPSA) is 259 Å². The van der Waals surface area contributed by atoms with Gasteiger partial charge >= 0.3 is 130 Å². The molecule has 0 unspecified atom stereocenters. The summed E-state index contributed by atoms with van der Waals surface area (Å²) in [5, 5.41) is 0. The standard InChI is InChI=1S/3Ca.Fe.3H3O4P/c;;;;3*1-5(2,3)4/h;;;;3*(H3,1,2,3,4)/q3*+2;+3;;;/p-9. The molecule has 0 aliphatic carbocycles. The summed E-state index contributed by atoms with van der Waals surface area (Å²) in [7, 11) is -16.2. The largest absolute Gasteiger partial charge is 3.00 e. The van der Waals surface area contributed by atoms with Gasteiger partial charge in [-0.25, -0.2) is 0 Å². The van der Waals surface area contributed by atoms with Gasteiger partial charge in [0, 0.05) is 0 Å². The summed E-state index contributed by atoms with van der Waals surface area (Å²) in [6.07, 6.45) is 0. The first-order valence-corrected chi connectivity index (χ1v) is 6.57. The molecule has 0 aromatic carbocycles. The third-order valence-electron chi connectivity index (χ3n) is 0. The Morgan fingerprint density at radius 3 is 0.421 bits per heavy atom. The third-order valence-corrected chi connectivity index (χ3v) is 0. The van der Waals surface area contributed by atoms with Crippen LogP contribution < -0.4 is 44.0 Å². The quantitative estimate of drug-likeness (QED) is 0.241. The van der Waals surface area contributed by atoms with Gasteiger partial charge in [-0.15, -0.1) is 0 Å². The average molecular weight is 461 g/mol. The van der Waals surface area contributed by atoms with E-state index in [1.807, 2.05) is 0 Å². The molecule has 0 N–H and O–H groups in total. The molecule has 0 aromatic rings. The molecule has 0 aliphatic heterocycles. The van der Waals surface area contributed by atoms with Crippen molar-refractivity contribution < 1.29 is 74.8 Å². The van der Waals surface area contributed by atoms with Crippen molar-refractivity contribution in [2.45, 2.75) is 0 Å². The summed E-state index contributed by atoms with van der Waals surface area (Å²) in [6, 6.07) is 0. The van der Waals surface area contributed by atoms with Gasteiger partial charge in [0.15, 0.2) is 0 Å². The maximum atomic E-state index is 8.55. The van der Waals surface area contributed by atoms with Crippen molar-refractivity contribution in [1.29, 1.82) is 0 Å². The smallest absolute Gasteiger partial charge is 0.822 e. The molecule has 0 rings (SSSR count). The molecule has 0 amide bonds. The Morgan fingerprint density at radius 2 is 0.421 bits per heavy atom. The predicted molar refractivity (Wildman–Crippen MR) is 40.1 cm³/mol. The summed E-state index contributed by atoms with van der Waals surface area (Å²) in [5.74, 6) is 0. The van der Waals surface area contributed by atoms with Crippen LogP contribution in [-0.2, 0) is 30.8 Å². The number of hydrogen-bond donors (Lipinski definition) is 0. The van der Waals surface area contributed by atoms with Crippen molar-refractivity contribution in [3.63, 3.8) is 0 Å². The van der Waals surface area contributed by atoms with E-state index >= 15 is 0 Å². The molecule has 0 heterocycles. The molecule has 0 aromatic heterocycles. The normalized spacial score (nSPS) is 9.32. The van der Waals surface area contributed by atoms with Crippen LogP contribution in [0.15, 0.2) is 0 Å². The van der Waals surface area contributed by atoms with Gasteiger partial charge in [-0.05, 0) is 0 Å². The van der Waals surface area contributed by atoms with Gasteiger partial charge in [0.05, 0.1) is 0 Å². The Kier molecular flexibility index (Phi) is 47.6. The summed E-state index contributed by atoms with van der Waals surface area (Å²) >= 11 is 0. The zero-order valence-corrected chi connectivity index (χ0v) is 19.1. The Balaban J connectivity index is -0.0000000206. The van der Waals surface area contributed by atoms with E-state index in [2.05, 4.69) is 0 Å². The van der Waals surface area contributed by atoms with Gasteiger partial charge < -0.3 is 57.7 Å². The molecule has 0 atom stereocenters. The Labute approximate surface area is 207 Å². The van der Waals surface area contributed by atoms with E-state index in [0.717, 1.165) is 0 Å². The Morgan fingerprint density at radius 1 is 0.421 bits per heavy atom. The molecular formula is Ca3FeO12P3. The van der Waals surface area contributed by atoms with E-state index in [-0.39, 0.29) is 130 Å². The number of phosphoric acid groups is 3. The first kappa shape index (κ1) is 43.8. The number of rotatable bonds is 0. The Hall–Kier alpha value is 4.63. The molecule has 0 spiro atoms. The van der Waals surface area contributed by atoms with Gasteiger partial charge in [-0.1, -0.05) is 0 Å². The fourth-order valence-electron chi connectivity index (χ4n) is 0. The van der Waals surface area contributed by atoms with Crippen molar-refractivity contribution in [1.82, 2.24) is 0 Å². The maximum absolute atomic E-state index is 8.55. The van der Waals surface area contributed by atoms with Crippen molar-refractivity contribution in [2.24, 2.45) is 0 Å². The van der Waals surface area contributed by atoms with Gasteiger partial charge in [0.25, 0.3) is 0 Å². The minimum atomic E-state index is -5.39. The van der Waals surface area contributed by atoms with E-state index in [9.17, 15) is 0 Å². The number of hydrogen-bond acceptors (Lipinski definition) is 12. The van der Waals surface area contributed by atoms with Crippen LogP contribution in [-0.4, -0.2) is 113 Å². The zero-order valence-electron chi connectivity index (χ0n) is 8.72. The molecule has 0 saturated heterocycles. The van der Waals surface area contributed by atoms with Crippen LogP contribution in [0, 0.1) is 0 Å². The molecule has 0 saturated carbocycles. The van der Waals surface area contributed by atoms with Crippen LogP contribution >= 0.6 is 23.5 Å². The van der Waals surface area contributed by atoms with Gasteiger partial charge in [0.1, 0.15) is 0 Å². The van der Waals surface area contributed by atoms with Gasteiger partial charge in [0.2, 0.25) is 0 Å². The molecule has 101 valence electrons. The van der Waals surface area contributed by atoms with Crippen LogP contribution in [0.2, 0.25) is 0 Å². The minimum absolute atomic E-state index is 0. The fraction of sp³-hybridized carbons (Fsp3) is 0. The van der Waals surface area contributed by atoms with E-state index in [1.165, 1.54) is 0 Å². The van der Waals surface area contributed by atoms with E-state index in [4.69, 9.17) is 57.7 Å². The molecule has 1 radical (unpaired) electrons. The van der Waals surface area contributed by atoms with Crippen LogP contribution in [0.1, 0.15) is 0 Å². The molecule has 0 aliphatic rings. The van der Waals surface area contributed by atoms with Gasteiger partial charge in [-0.3, -0.25) is 0 Å². The van der Waals surface area contributed by atoms with Crippen LogP contribution in [0.5, 0.6) is 0 Å². The molecule has 12 nitrogen and oxygen atoms in total. The van der Waals surface area contributed by atoms with E-state index < -0.39 is 23.5 Å². The maximum Gasteiger partial charge on any atom is 3.00 e. The minimum Gasteiger partial charge on any atom is -0.822 e. The van der Waals surface area contributed by atoms with Crippen molar-refractivity contribution in [3.05, 3.63) is 0 Å². The van der Waals surface area contributed by atoms with Crippen LogP contribution in [0.25, 0.3) is 0 Å². The molecule has 0 fully saturated rings. The zero-order chi connectivity index (χ0) is 13.5. The second-order valence-corrected chi connectivity index (χ2v) is 4.02. The molecule has 0 bridgehead atoms. The second-order valence-electron chi connectivity index (χ2n) is 1.34. The monoisotopic (exact) mass is 461 g/mol. The summed E-state index contributed by atoms with van der Waals surface area (Å²) in [5.41, 5.74) is 0. The predicted octanol–water partition coefficient (Wildman–Crippen LogP) is -9.62. The summed E-state index contributed by atoms with van der Waals surface area (Å²) in [4.78, 5) is 76.9. The van der Waals surface area contributed by atoms with Crippen LogP contribution in [0.4, 0.5) is 0 Å². The van der Waals surface area contributed by atoms with Crippen molar-refractivity contribution >= 4 is 137 Å². The van der Waals surface area contributed by atoms with Gasteiger partial charge in [-0.2, -0.15) is 23.5 Å². The van der Waals surface area contributed by atoms with Crippen LogP contribution in [0.3, 0.4) is 0 Å². The molecular weight excluding hydrogens is 461 g/mol. The second kappa shape index (κ2) is 20.7. The first-order chi connectivity index (χ1) is 6.00. The molecule has 19 heavy (non-hydrogen) atoms. The van der Waals surface area contributed by atoms with Crippen molar-refractivity contribution in [2.75, 3.05) is 0 Å². The van der Waals surface area contributed by atoms with E-state index in [1.54, 1.807) is 0 Å². The summed E-state index contributed by atoms with van der Waals surface area (Å²) in [6.45, 7) is 0. The Bertz CT molecular complexity index is 214. The SMILES string of the molecule is O=P([O-])([O-])[O-].O=P([O-])([O-])[O-].O=P([O-])([O-])[O-].[Ca+2].[Ca+2].[Ca+2].[Fe+3]. The van der Waals surface area contributed by atoms with Crippen molar-refractivity contribution in [3.8, 4) is 0 Å². The average Bonchev–Trinajstić information content (AvgIpc) is 1.41. The summed E-state index contributed by atoms with van der Waals surface area (Å²) < 4.78 is 25.6. The van der Waals surface area contributed by atoms with E-state index in [0.29, 0.717) is 0 Å².